The first-order valence-corrected chi connectivity index (χ1v) is 9.35. The molecule has 0 spiro atoms. The number of carbonyl (C=O) groups is 1. The Morgan fingerprint density at radius 2 is 2.04 bits per heavy atom. The molecule has 0 N–H and O–H groups in total. The minimum Gasteiger partial charge on any atom is -0.493 e. The van der Waals surface area contributed by atoms with Crippen LogP contribution in [0.25, 0.3) is 10.2 Å². The number of thiazole rings is 1. The number of fused-ring (bicyclic) bond motifs is 1. The quantitative estimate of drug-likeness (QED) is 0.440. The second kappa shape index (κ2) is 8.22. The van der Waals surface area contributed by atoms with E-state index in [1.165, 1.54) is 35.5 Å². The van der Waals surface area contributed by atoms with Crippen LogP contribution in [0.3, 0.4) is 0 Å². The van der Waals surface area contributed by atoms with Gasteiger partial charge in [0.25, 0.3) is 11.6 Å². The van der Waals surface area contributed by atoms with Gasteiger partial charge in [-0.2, -0.15) is 0 Å². The second-order valence-corrected chi connectivity index (χ2v) is 7.06. The average Bonchev–Trinajstić information content (AvgIpc) is 3.09. The third-order valence-electron chi connectivity index (χ3n) is 4.07. The highest BCUT2D eigenvalue weighted by atomic mass is 32.1. The lowest BCUT2D eigenvalue weighted by atomic mass is 10.1. The Morgan fingerprint density at radius 3 is 2.68 bits per heavy atom. The van der Waals surface area contributed by atoms with Crippen LogP contribution in [0.1, 0.15) is 22.3 Å². The standard InChI is InChI=1S/C19H19N3O5S/c1-4-27-16-9-12(14(22(24)25)10-15(16)26-3)19(23)21(2)11-18-20-13-7-5-6-8-17(13)28-18/h5-10H,4,11H2,1-3H3. The fraction of sp³-hybridized carbons (Fsp3) is 0.263. The molecule has 1 amide bonds. The Bertz CT molecular complexity index is 1000. The van der Waals surface area contributed by atoms with Gasteiger partial charge in [-0.1, -0.05) is 12.1 Å². The Hall–Kier alpha value is -3.20. The summed E-state index contributed by atoms with van der Waals surface area (Å²) in [5.74, 6) is 0.000764. The molecule has 28 heavy (non-hydrogen) atoms. The van der Waals surface area contributed by atoms with Crippen molar-refractivity contribution in [1.29, 1.82) is 0 Å². The third kappa shape index (κ3) is 3.89. The summed E-state index contributed by atoms with van der Waals surface area (Å²) in [6.07, 6.45) is 0. The molecule has 146 valence electrons. The van der Waals surface area contributed by atoms with Crippen molar-refractivity contribution in [1.82, 2.24) is 9.88 Å². The van der Waals surface area contributed by atoms with Crippen molar-refractivity contribution in [2.24, 2.45) is 0 Å². The normalized spacial score (nSPS) is 10.7. The van der Waals surface area contributed by atoms with E-state index >= 15 is 0 Å². The third-order valence-corrected chi connectivity index (χ3v) is 5.09. The highest BCUT2D eigenvalue weighted by molar-refractivity contribution is 7.18. The van der Waals surface area contributed by atoms with Gasteiger partial charge in [-0.05, 0) is 19.1 Å². The molecular formula is C19H19N3O5S. The molecule has 1 heterocycles. The van der Waals surface area contributed by atoms with Crippen LogP contribution in [-0.4, -0.2) is 41.5 Å². The zero-order chi connectivity index (χ0) is 20.3. The fourth-order valence-corrected chi connectivity index (χ4v) is 3.79. The van der Waals surface area contributed by atoms with E-state index in [1.807, 2.05) is 24.3 Å². The predicted molar refractivity (Wildman–Crippen MR) is 106 cm³/mol. The molecular weight excluding hydrogens is 382 g/mol. The van der Waals surface area contributed by atoms with Crippen LogP contribution >= 0.6 is 11.3 Å². The van der Waals surface area contributed by atoms with E-state index in [0.717, 1.165) is 15.2 Å². The number of hydrogen-bond acceptors (Lipinski definition) is 7. The number of rotatable bonds is 7. The number of nitro groups is 1. The summed E-state index contributed by atoms with van der Waals surface area (Å²) < 4.78 is 11.6. The van der Waals surface area contributed by atoms with Gasteiger partial charge in [0.15, 0.2) is 11.5 Å². The molecule has 2 aromatic carbocycles. The van der Waals surface area contributed by atoms with Crippen LogP contribution in [0.2, 0.25) is 0 Å². The van der Waals surface area contributed by atoms with E-state index in [0.29, 0.717) is 6.61 Å². The Labute approximate surface area is 165 Å². The Balaban J connectivity index is 1.92. The van der Waals surface area contributed by atoms with Gasteiger partial charge in [-0.25, -0.2) is 4.98 Å². The summed E-state index contributed by atoms with van der Waals surface area (Å²) in [5.41, 5.74) is 0.469. The van der Waals surface area contributed by atoms with Crippen molar-refractivity contribution in [2.45, 2.75) is 13.5 Å². The molecule has 0 aliphatic heterocycles. The van der Waals surface area contributed by atoms with Crippen molar-refractivity contribution < 1.29 is 19.2 Å². The maximum Gasteiger partial charge on any atom is 0.286 e. The van der Waals surface area contributed by atoms with Crippen molar-refractivity contribution in [2.75, 3.05) is 20.8 Å². The number of nitro benzene ring substituents is 1. The molecule has 0 atom stereocenters. The van der Waals surface area contributed by atoms with E-state index in [1.54, 1.807) is 14.0 Å². The van der Waals surface area contributed by atoms with Crippen molar-refractivity contribution in [3.05, 3.63) is 57.1 Å². The summed E-state index contributed by atoms with van der Waals surface area (Å²) >= 11 is 1.48. The first kappa shape index (κ1) is 19.6. The number of methoxy groups -OCH3 is 1. The zero-order valence-corrected chi connectivity index (χ0v) is 16.5. The molecule has 0 saturated heterocycles. The molecule has 0 radical (unpaired) electrons. The topological polar surface area (TPSA) is 94.8 Å². The molecule has 0 fully saturated rings. The molecule has 1 aromatic heterocycles. The van der Waals surface area contributed by atoms with Gasteiger partial charge in [-0.3, -0.25) is 14.9 Å². The zero-order valence-electron chi connectivity index (χ0n) is 15.7. The molecule has 0 unspecified atom stereocenters. The van der Waals surface area contributed by atoms with Gasteiger partial charge in [0, 0.05) is 13.1 Å². The minimum absolute atomic E-state index is 0.0575. The van der Waals surface area contributed by atoms with E-state index < -0.39 is 10.8 Å². The molecule has 8 nitrogen and oxygen atoms in total. The number of amides is 1. The monoisotopic (exact) mass is 401 g/mol. The summed E-state index contributed by atoms with van der Waals surface area (Å²) in [7, 11) is 2.98. The maximum atomic E-state index is 12.9. The first-order chi connectivity index (χ1) is 13.4. The van der Waals surface area contributed by atoms with Crippen molar-refractivity contribution in [3.63, 3.8) is 0 Å². The highest BCUT2D eigenvalue weighted by Crippen LogP contribution is 2.35. The fourth-order valence-electron chi connectivity index (χ4n) is 2.77. The SMILES string of the molecule is CCOc1cc(C(=O)N(C)Cc2nc3ccccc3s2)c([N+](=O)[O-])cc1OC. The lowest BCUT2D eigenvalue weighted by Gasteiger charge is -2.17. The molecule has 9 heteroatoms. The van der Waals surface area contributed by atoms with Crippen molar-refractivity contribution >= 4 is 33.1 Å². The smallest absolute Gasteiger partial charge is 0.286 e. The van der Waals surface area contributed by atoms with Gasteiger partial charge in [-0.15, -0.1) is 11.3 Å². The van der Waals surface area contributed by atoms with E-state index in [2.05, 4.69) is 4.98 Å². The van der Waals surface area contributed by atoms with E-state index in [-0.39, 0.29) is 29.3 Å². The van der Waals surface area contributed by atoms with Crippen LogP contribution in [0, 0.1) is 10.1 Å². The van der Waals surface area contributed by atoms with Gasteiger partial charge in [0.1, 0.15) is 10.6 Å². The summed E-state index contributed by atoms with van der Waals surface area (Å²) in [4.78, 5) is 29.7. The van der Waals surface area contributed by atoms with E-state index in [9.17, 15) is 14.9 Å². The number of hydrogen-bond donors (Lipinski definition) is 0. The molecule has 0 saturated carbocycles. The lowest BCUT2D eigenvalue weighted by molar-refractivity contribution is -0.385. The van der Waals surface area contributed by atoms with Crippen molar-refractivity contribution in [3.8, 4) is 11.5 Å². The number of ether oxygens (including phenoxy) is 2. The van der Waals surface area contributed by atoms with Gasteiger partial charge < -0.3 is 14.4 Å². The lowest BCUT2D eigenvalue weighted by Crippen LogP contribution is -2.27. The molecule has 0 bridgehead atoms. The van der Waals surface area contributed by atoms with Crippen LogP contribution in [0.15, 0.2) is 36.4 Å². The molecule has 3 rings (SSSR count). The van der Waals surface area contributed by atoms with Crippen LogP contribution < -0.4 is 9.47 Å². The average molecular weight is 401 g/mol. The first-order valence-electron chi connectivity index (χ1n) is 8.53. The number of nitrogens with zero attached hydrogens (tertiary/aromatic N) is 3. The van der Waals surface area contributed by atoms with Gasteiger partial charge >= 0.3 is 0 Å². The molecule has 0 aliphatic carbocycles. The minimum atomic E-state index is -0.600. The van der Waals surface area contributed by atoms with Crippen LogP contribution in [0.4, 0.5) is 5.69 Å². The summed E-state index contributed by atoms with van der Waals surface area (Å²) in [6.45, 7) is 2.36. The largest absolute Gasteiger partial charge is 0.493 e. The number of para-hydroxylation sites is 1. The predicted octanol–water partition coefficient (Wildman–Crippen LogP) is 3.88. The van der Waals surface area contributed by atoms with E-state index in [4.69, 9.17) is 9.47 Å². The summed E-state index contributed by atoms with van der Waals surface area (Å²) in [5, 5.41) is 12.2. The number of carbonyl (C=O) groups excluding carboxylic acids is 1. The van der Waals surface area contributed by atoms with Gasteiger partial charge in [0.2, 0.25) is 0 Å². The summed E-state index contributed by atoms with van der Waals surface area (Å²) in [6, 6.07) is 10.3. The Kier molecular flexibility index (Phi) is 5.74. The maximum absolute atomic E-state index is 12.9. The Morgan fingerprint density at radius 1 is 1.29 bits per heavy atom. The highest BCUT2D eigenvalue weighted by Gasteiger charge is 2.27. The number of benzene rings is 2. The van der Waals surface area contributed by atoms with Gasteiger partial charge in [0.05, 0.1) is 41.5 Å². The second-order valence-electron chi connectivity index (χ2n) is 5.95. The van der Waals surface area contributed by atoms with Crippen LogP contribution in [0.5, 0.6) is 11.5 Å². The number of aromatic nitrogens is 1. The van der Waals surface area contributed by atoms with Crippen LogP contribution in [-0.2, 0) is 6.54 Å². The molecule has 3 aromatic rings. The molecule has 0 aliphatic rings.